The number of hydrogen-bond acceptors (Lipinski definition) is 3. The van der Waals surface area contributed by atoms with E-state index in [0.29, 0.717) is 5.88 Å². The number of nitrogens with zero attached hydrogens (tertiary/aromatic N) is 3. The Morgan fingerprint density at radius 3 is 2.28 bits per heavy atom. The van der Waals surface area contributed by atoms with Crippen molar-refractivity contribution in [3.8, 4) is 0 Å². The molecular formula is C14H16ClN3. The third-order valence-corrected chi connectivity index (χ3v) is 3.04. The number of anilines is 1. The van der Waals surface area contributed by atoms with E-state index in [1.807, 2.05) is 18.2 Å². The fraction of sp³-hybridized carbons (Fsp3) is 0.286. The first-order chi connectivity index (χ1) is 8.83. The second kappa shape index (κ2) is 6.36. The van der Waals surface area contributed by atoms with Crippen molar-refractivity contribution in [2.45, 2.75) is 19.3 Å². The topological polar surface area (TPSA) is 29.0 Å². The van der Waals surface area contributed by atoms with Crippen molar-refractivity contribution < 1.29 is 0 Å². The van der Waals surface area contributed by atoms with Gasteiger partial charge >= 0.3 is 0 Å². The summed E-state index contributed by atoms with van der Waals surface area (Å²) in [5.41, 5.74) is 2.19. The van der Waals surface area contributed by atoms with Gasteiger partial charge in [0, 0.05) is 31.0 Å². The molecule has 0 radical (unpaired) electrons. The average molecular weight is 262 g/mol. The van der Waals surface area contributed by atoms with Gasteiger partial charge in [0.1, 0.15) is 0 Å². The number of hydrogen-bond donors (Lipinski definition) is 0. The Morgan fingerprint density at radius 2 is 1.72 bits per heavy atom. The summed E-state index contributed by atoms with van der Waals surface area (Å²) >= 11 is 5.73. The highest BCUT2D eigenvalue weighted by Crippen LogP contribution is 2.12. The monoisotopic (exact) mass is 261 g/mol. The number of rotatable bonds is 5. The highest BCUT2D eigenvalue weighted by atomic mass is 35.5. The summed E-state index contributed by atoms with van der Waals surface area (Å²) in [5, 5.41) is 0. The standard InChI is InChI=1S/C14H16ClN3/c1-2-18(11-12-6-4-3-5-7-12)14-16-9-13(8-15)10-17-14/h3-7,9-10H,2,8,11H2,1H3. The molecule has 0 aliphatic rings. The molecule has 2 rings (SSSR count). The van der Waals surface area contributed by atoms with Crippen LogP contribution < -0.4 is 4.90 Å². The molecule has 0 N–H and O–H groups in total. The summed E-state index contributed by atoms with van der Waals surface area (Å²) in [6.07, 6.45) is 3.56. The fourth-order valence-corrected chi connectivity index (χ4v) is 1.85. The summed E-state index contributed by atoms with van der Waals surface area (Å²) in [7, 11) is 0. The van der Waals surface area contributed by atoms with Crippen LogP contribution in [0.1, 0.15) is 18.1 Å². The Morgan fingerprint density at radius 1 is 1.06 bits per heavy atom. The van der Waals surface area contributed by atoms with E-state index in [0.717, 1.165) is 24.6 Å². The molecule has 1 aromatic heterocycles. The first kappa shape index (κ1) is 12.8. The van der Waals surface area contributed by atoms with Crippen molar-refractivity contribution in [2.75, 3.05) is 11.4 Å². The lowest BCUT2D eigenvalue weighted by Crippen LogP contribution is -2.24. The molecule has 0 spiro atoms. The Balaban J connectivity index is 2.12. The van der Waals surface area contributed by atoms with E-state index >= 15 is 0 Å². The van der Waals surface area contributed by atoms with Crippen molar-refractivity contribution in [1.29, 1.82) is 0 Å². The molecule has 2 aromatic rings. The zero-order valence-electron chi connectivity index (χ0n) is 10.4. The molecule has 18 heavy (non-hydrogen) atoms. The van der Waals surface area contributed by atoms with E-state index in [4.69, 9.17) is 11.6 Å². The zero-order chi connectivity index (χ0) is 12.8. The summed E-state index contributed by atoms with van der Waals surface area (Å²) in [4.78, 5) is 10.8. The maximum atomic E-state index is 5.73. The summed E-state index contributed by atoms with van der Waals surface area (Å²) in [6.45, 7) is 3.79. The highest BCUT2D eigenvalue weighted by Gasteiger charge is 2.07. The van der Waals surface area contributed by atoms with Gasteiger partial charge in [0.05, 0.1) is 5.88 Å². The zero-order valence-corrected chi connectivity index (χ0v) is 11.1. The van der Waals surface area contributed by atoms with Crippen molar-refractivity contribution in [1.82, 2.24) is 9.97 Å². The van der Waals surface area contributed by atoms with Crippen LogP contribution in [0.5, 0.6) is 0 Å². The molecule has 0 saturated heterocycles. The van der Waals surface area contributed by atoms with E-state index < -0.39 is 0 Å². The van der Waals surface area contributed by atoms with E-state index in [9.17, 15) is 0 Å². The fourth-order valence-electron chi connectivity index (χ4n) is 1.71. The average Bonchev–Trinajstić information content (AvgIpc) is 2.46. The van der Waals surface area contributed by atoms with Crippen molar-refractivity contribution >= 4 is 17.5 Å². The van der Waals surface area contributed by atoms with Gasteiger partial charge in [-0.2, -0.15) is 0 Å². The minimum absolute atomic E-state index is 0.449. The predicted octanol–water partition coefficient (Wildman–Crippen LogP) is 3.24. The lowest BCUT2D eigenvalue weighted by molar-refractivity contribution is 0.789. The minimum atomic E-state index is 0.449. The molecule has 1 aromatic carbocycles. The van der Waals surface area contributed by atoms with Crippen LogP contribution in [0, 0.1) is 0 Å². The molecule has 0 atom stereocenters. The van der Waals surface area contributed by atoms with E-state index in [1.54, 1.807) is 12.4 Å². The third-order valence-electron chi connectivity index (χ3n) is 2.73. The summed E-state index contributed by atoms with van der Waals surface area (Å²) in [6, 6.07) is 10.3. The van der Waals surface area contributed by atoms with E-state index in [1.165, 1.54) is 5.56 Å². The molecule has 0 aliphatic carbocycles. The van der Waals surface area contributed by atoms with Gasteiger partial charge in [-0.05, 0) is 12.5 Å². The molecule has 94 valence electrons. The molecule has 0 fully saturated rings. The van der Waals surface area contributed by atoms with Gasteiger partial charge in [0.15, 0.2) is 0 Å². The van der Waals surface area contributed by atoms with Crippen LogP contribution in [0.2, 0.25) is 0 Å². The summed E-state index contributed by atoms with van der Waals surface area (Å²) < 4.78 is 0. The molecule has 0 bridgehead atoms. The first-order valence-corrected chi connectivity index (χ1v) is 6.52. The summed E-state index contributed by atoms with van der Waals surface area (Å²) in [5.74, 6) is 1.20. The second-order valence-corrected chi connectivity index (χ2v) is 4.29. The molecule has 0 saturated carbocycles. The van der Waals surface area contributed by atoms with Gasteiger partial charge in [-0.15, -0.1) is 11.6 Å². The largest absolute Gasteiger partial charge is 0.337 e. The lowest BCUT2D eigenvalue weighted by Gasteiger charge is -2.20. The van der Waals surface area contributed by atoms with Gasteiger partial charge in [0.2, 0.25) is 5.95 Å². The molecule has 1 heterocycles. The second-order valence-electron chi connectivity index (χ2n) is 4.02. The van der Waals surface area contributed by atoms with Gasteiger partial charge in [-0.3, -0.25) is 0 Å². The number of alkyl halides is 1. The maximum Gasteiger partial charge on any atom is 0.225 e. The molecular weight excluding hydrogens is 246 g/mol. The lowest BCUT2D eigenvalue weighted by atomic mass is 10.2. The van der Waals surface area contributed by atoms with Crippen LogP contribution in [-0.2, 0) is 12.4 Å². The van der Waals surface area contributed by atoms with E-state index in [-0.39, 0.29) is 0 Å². The number of aromatic nitrogens is 2. The van der Waals surface area contributed by atoms with Gasteiger partial charge in [-0.1, -0.05) is 30.3 Å². The molecule has 0 amide bonds. The van der Waals surface area contributed by atoms with Gasteiger partial charge < -0.3 is 4.90 Å². The van der Waals surface area contributed by atoms with Crippen LogP contribution in [0.25, 0.3) is 0 Å². The smallest absolute Gasteiger partial charge is 0.225 e. The third kappa shape index (κ3) is 3.20. The molecule has 4 heteroatoms. The Kier molecular flexibility index (Phi) is 4.53. The van der Waals surface area contributed by atoms with Gasteiger partial charge in [-0.25, -0.2) is 9.97 Å². The number of halogens is 1. The molecule has 0 aliphatic heterocycles. The normalized spacial score (nSPS) is 10.3. The minimum Gasteiger partial charge on any atom is -0.337 e. The Hall–Kier alpha value is -1.61. The van der Waals surface area contributed by atoms with Crippen LogP contribution in [0.4, 0.5) is 5.95 Å². The van der Waals surface area contributed by atoms with Crippen molar-refractivity contribution in [3.05, 3.63) is 53.9 Å². The first-order valence-electron chi connectivity index (χ1n) is 5.99. The highest BCUT2D eigenvalue weighted by molar-refractivity contribution is 6.17. The SMILES string of the molecule is CCN(Cc1ccccc1)c1ncc(CCl)cn1. The van der Waals surface area contributed by atoms with E-state index in [2.05, 4.69) is 33.9 Å². The van der Waals surface area contributed by atoms with Gasteiger partial charge in [0.25, 0.3) is 0 Å². The Bertz CT molecular complexity index is 470. The van der Waals surface area contributed by atoms with Crippen molar-refractivity contribution in [3.63, 3.8) is 0 Å². The van der Waals surface area contributed by atoms with Crippen LogP contribution in [-0.4, -0.2) is 16.5 Å². The Labute approximate surface area is 112 Å². The molecule has 0 unspecified atom stereocenters. The van der Waals surface area contributed by atoms with Crippen molar-refractivity contribution in [2.24, 2.45) is 0 Å². The quantitative estimate of drug-likeness (QED) is 0.774. The number of benzene rings is 1. The maximum absolute atomic E-state index is 5.73. The van der Waals surface area contributed by atoms with Crippen LogP contribution in [0.3, 0.4) is 0 Å². The predicted molar refractivity (Wildman–Crippen MR) is 74.8 cm³/mol. The molecule has 3 nitrogen and oxygen atoms in total. The van der Waals surface area contributed by atoms with Crippen LogP contribution >= 0.6 is 11.6 Å². The van der Waals surface area contributed by atoms with Crippen LogP contribution in [0.15, 0.2) is 42.7 Å².